The Balaban J connectivity index is 2.30. The molecule has 13 heavy (non-hydrogen) atoms. The van der Waals surface area contributed by atoms with Gasteiger partial charge in [-0.25, -0.2) is 0 Å². The highest BCUT2D eigenvalue weighted by molar-refractivity contribution is 5.72. The van der Waals surface area contributed by atoms with Crippen molar-refractivity contribution < 1.29 is 4.74 Å². The Bertz CT molecular complexity index is 448. The van der Waals surface area contributed by atoms with Gasteiger partial charge in [0.2, 0.25) is 0 Å². The molecule has 63 valence electrons. The SMILES string of the molecule is [c]1[nH]nc2c1-c1ccccc1OC2. The molecule has 2 aromatic rings. The van der Waals surface area contributed by atoms with Gasteiger partial charge in [-0.3, -0.25) is 5.10 Å². The fraction of sp³-hybridized carbons (Fsp3) is 0.100. The fourth-order valence-corrected chi connectivity index (χ4v) is 1.55. The van der Waals surface area contributed by atoms with Crippen LogP contribution in [-0.2, 0) is 6.61 Å². The summed E-state index contributed by atoms with van der Waals surface area (Å²) in [6.45, 7) is 0.534. The molecule has 0 amide bonds. The Labute approximate surface area is 75.4 Å². The second-order valence-corrected chi connectivity index (χ2v) is 2.96. The van der Waals surface area contributed by atoms with E-state index in [1.165, 1.54) is 0 Å². The Morgan fingerprint density at radius 1 is 1.38 bits per heavy atom. The summed E-state index contributed by atoms with van der Waals surface area (Å²) in [6.07, 6.45) is 3.00. The Morgan fingerprint density at radius 3 is 3.31 bits per heavy atom. The molecule has 0 atom stereocenters. The van der Waals surface area contributed by atoms with E-state index in [1.54, 1.807) is 0 Å². The highest BCUT2D eigenvalue weighted by Crippen LogP contribution is 2.35. The average Bonchev–Trinajstić information content (AvgIpc) is 2.65. The van der Waals surface area contributed by atoms with Crippen molar-refractivity contribution in [1.82, 2.24) is 10.2 Å². The van der Waals surface area contributed by atoms with E-state index >= 15 is 0 Å². The van der Waals surface area contributed by atoms with Gasteiger partial charge in [-0.1, -0.05) is 18.2 Å². The lowest BCUT2D eigenvalue weighted by Gasteiger charge is -2.15. The lowest BCUT2D eigenvalue weighted by molar-refractivity contribution is 0.297. The number of hydrogen-bond donors (Lipinski definition) is 1. The number of benzene rings is 1. The molecule has 3 rings (SSSR count). The maximum absolute atomic E-state index is 5.51. The molecular formula is C10H7N2O. The van der Waals surface area contributed by atoms with Gasteiger partial charge in [0.15, 0.2) is 0 Å². The molecule has 0 aliphatic carbocycles. The van der Waals surface area contributed by atoms with E-state index in [0.717, 1.165) is 22.6 Å². The van der Waals surface area contributed by atoms with Gasteiger partial charge in [-0.15, -0.1) is 0 Å². The molecule has 1 aliphatic rings. The number of ether oxygens (including phenoxy) is 1. The Morgan fingerprint density at radius 2 is 2.31 bits per heavy atom. The molecule has 3 heteroatoms. The van der Waals surface area contributed by atoms with Crippen LogP contribution in [0.2, 0.25) is 0 Å². The molecule has 2 heterocycles. The summed E-state index contributed by atoms with van der Waals surface area (Å²) in [5.41, 5.74) is 3.03. The van der Waals surface area contributed by atoms with Gasteiger partial charge < -0.3 is 4.74 Å². The molecule has 0 unspecified atom stereocenters. The quantitative estimate of drug-likeness (QED) is 0.656. The van der Waals surface area contributed by atoms with Crippen LogP contribution in [0.1, 0.15) is 5.69 Å². The summed E-state index contributed by atoms with van der Waals surface area (Å²) in [4.78, 5) is 0. The van der Waals surface area contributed by atoms with Crippen molar-refractivity contribution in [1.29, 1.82) is 0 Å². The fourth-order valence-electron chi connectivity index (χ4n) is 1.55. The van der Waals surface area contributed by atoms with E-state index in [9.17, 15) is 0 Å². The molecule has 0 bridgehead atoms. The van der Waals surface area contributed by atoms with Crippen LogP contribution in [-0.4, -0.2) is 10.2 Å². The zero-order valence-electron chi connectivity index (χ0n) is 6.87. The van der Waals surface area contributed by atoms with Crippen molar-refractivity contribution in [3.8, 4) is 16.9 Å². The number of nitrogens with zero attached hydrogens (tertiary/aromatic N) is 1. The van der Waals surface area contributed by atoms with Gasteiger partial charge in [-0.2, -0.15) is 5.10 Å². The maximum Gasteiger partial charge on any atom is 0.133 e. The van der Waals surface area contributed by atoms with Crippen molar-refractivity contribution in [3.63, 3.8) is 0 Å². The van der Waals surface area contributed by atoms with Crippen LogP contribution < -0.4 is 4.74 Å². The summed E-state index contributed by atoms with van der Waals surface area (Å²) in [5, 5.41) is 6.78. The van der Waals surface area contributed by atoms with Crippen molar-refractivity contribution in [2.24, 2.45) is 0 Å². The molecule has 1 aromatic carbocycles. The molecule has 1 aliphatic heterocycles. The number of fused-ring (bicyclic) bond motifs is 3. The topological polar surface area (TPSA) is 37.9 Å². The van der Waals surface area contributed by atoms with Crippen molar-refractivity contribution in [2.75, 3.05) is 0 Å². The summed E-state index contributed by atoms with van der Waals surface area (Å²) in [6, 6.07) is 7.92. The van der Waals surface area contributed by atoms with Crippen LogP contribution in [0, 0.1) is 6.20 Å². The van der Waals surface area contributed by atoms with Crippen LogP contribution >= 0.6 is 0 Å². The normalized spacial score (nSPS) is 12.9. The van der Waals surface area contributed by atoms with Gasteiger partial charge in [0.1, 0.15) is 18.1 Å². The minimum absolute atomic E-state index is 0.534. The first kappa shape index (κ1) is 6.71. The highest BCUT2D eigenvalue weighted by Gasteiger charge is 2.18. The summed E-state index contributed by atoms with van der Waals surface area (Å²) in [7, 11) is 0. The molecule has 0 saturated carbocycles. The number of aromatic amines is 1. The van der Waals surface area contributed by atoms with Crippen molar-refractivity contribution in [3.05, 3.63) is 36.2 Å². The van der Waals surface area contributed by atoms with E-state index < -0.39 is 0 Å². The molecule has 0 spiro atoms. The van der Waals surface area contributed by atoms with Crippen LogP contribution in [0.15, 0.2) is 24.3 Å². The zero-order valence-corrected chi connectivity index (χ0v) is 6.87. The second kappa shape index (κ2) is 2.36. The van der Waals surface area contributed by atoms with Crippen LogP contribution in [0.3, 0.4) is 0 Å². The first-order valence-electron chi connectivity index (χ1n) is 4.12. The summed E-state index contributed by atoms with van der Waals surface area (Å²) in [5.74, 6) is 0.910. The Hall–Kier alpha value is -1.77. The molecule has 0 fully saturated rings. The van der Waals surface area contributed by atoms with Gasteiger partial charge >= 0.3 is 0 Å². The van der Waals surface area contributed by atoms with Gasteiger partial charge in [-0.05, 0) is 6.07 Å². The maximum atomic E-state index is 5.51. The first-order valence-corrected chi connectivity index (χ1v) is 4.12. The predicted molar refractivity (Wildman–Crippen MR) is 47.2 cm³/mol. The molecule has 1 N–H and O–H groups in total. The first-order chi connectivity index (χ1) is 6.45. The number of hydrogen-bond acceptors (Lipinski definition) is 2. The van der Waals surface area contributed by atoms with Crippen molar-refractivity contribution in [2.45, 2.75) is 6.61 Å². The minimum atomic E-state index is 0.534. The third-order valence-corrected chi connectivity index (χ3v) is 2.18. The van der Waals surface area contributed by atoms with E-state index in [1.807, 2.05) is 24.3 Å². The summed E-state index contributed by atoms with van der Waals surface area (Å²) >= 11 is 0. The third kappa shape index (κ3) is 0.869. The standard InChI is InChI=1S/C10H7N2O/c1-2-4-10-7(3-1)8-5-11-12-9(8)6-13-10/h1-4H,6H2,(H,11,12). The predicted octanol–water partition coefficient (Wildman–Crippen LogP) is 1.77. The van der Waals surface area contributed by atoms with Crippen molar-refractivity contribution >= 4 is 0 Å². The lowest BCUT2D eigenvalue weighted by Crippen LogP contribution is -2.04. The molecule has 1 aromatic heterocycles. The zero-order chi connectivity index (χ0) is 8.67. The highest BCUT2D eigenvalue weighted by atomic mass is 16.5. The number of nitrogens with one attached hydrogen (secondary N) is 1. The number of H-pyrrole nitrogens is 1. The molecule has 1 radical (unpaired) electrons. The van der Waals surface area contributed by atoms with Crippen LogP contribution in [0.5, 0.6) is 5.75 Å². The number of aromatic nitrogens is 2. The van der Waals surface area contributed by atoms with E-state index in [4.69, 9.17) is 4.74 Å². The van der Waals surface area contributed by atoms with Crippen LogP contribution in [0.4, 0.5) is 0 Å². The second-order valence-electron chi connectivity index (χ2n) is 2.96. The number of rotatable bonds is 0. The van der Waals surface area contributed by atoms with Gasteiger partial charge in [0, 0.05) is 11.1 Å². The molecule has 3 nitrogen and oxygen atoms in total. The van der Waals surface area contributed by atoms with Gasteiger partial charge in [0.25, 0.3) is 0 Å². The van der Waals surface area contributed by atoms with Gasteiger partial charge in [0.05, 0.1) is 6.20 Å². The number of para-hydroxylation sites is 1. The van der Waals surface area contributed by atoms with E-state index in [2.05, 4.69) is 16.4 Å². The van der Waals surface area contributed by atoms with E-state index in [0.29, 0.717) is 6.61 Å². The average molecular weight is 171 g/mol. The molecule has 0 saturated heterocycles. The minimum Gasteiger partial charge on any atom is -0.487 e. The summed E-state index contributed by atoms with van der Waals surface area (Å²) < 4.78 is 5.51. The Kier molecular flexibility index (Phi) is 1.22. The monoisotopic (exact) mass is 171 g/mol. The largest absolute Gasteiger partial charge is 0.487 e. The smallest absolute Gasteiger partial charge is 0.133 e. The third-order valence-electron chi connectivity index (χ3n) is 2.18. The molecular weight excluding hydrogens is 164 g/mol. The lowest BCUT2D eigenvalue weighted by atomic mass is 10.0. The van der Waals surface area contributed by atoms with Crippen LogP contribution in [0.25, 0.3) is 11.1 Å². The van der Waals surface area contributed by atoms with E-state index in [-0.39, 0.29) is 0 Å².